The molecule has 4 nitrogen and oxygen atoms in total. The van der Waals surface area contributed by atoms with Crippen LogP contribution in [0.25, 0.3) is 0 Å². The minimum absolute atomic E-state index is 0.0139. The van der Waals surface area contributed by atoms with Crippen molar-refractivity contribution in [3.63, 3.8) is 0 Å². The number of unbranched alkanes of at least 4 members (excludes halogenated alkanes) is 11. The van der Waals surface area contributed by atoms with E-state index in [1.807, 2.05) is 11.8 Å². The van der Waals surface area contributed by atoms with Crippen molar-refractivity contribution in [1.29, 1.82) is 0 Å². The topological polar surface area (TPSA) is 61.6 Å². The second-order valence-electron chi connectivity index (χ2n) is 69.5. The monoisotopic (exact) mass is 2050 g/mol. The zero-order valence-electron chi connectivity index (χ0n) is 112. The minimum Gasteiger partial charge on any atom is -0.381 e. The average Bonchev–Trinajstić information content (AvgIpc) is 0.899. The van der Waals surface area contributed by atoms with Crippen LogP contribution in [0.15, 0.2) is 0 Å². The highest BCUT2D eigenvalue weighted by Crippen LogP contribution is 2.37. The Labute approximate surface area is 917 Å². The van der Waals surface area contributed by atoms with E-state index in [4.69, 9.17) is 15.2 Å². The molecule has 2 unspecified atom stereocenters. The Morgan fingerprint density at radius 3 is 0.683 bits per heavy atom. The van der Waals surface area contributed by atoms with Crippen LogP contribution in [0, 0.1) is 126 Å². The van der Waals surface area contributed by atoms with Crippen LogP contribution < -0.4 is 5.73 Å². The van der Waals surface area contributed by atoms with E-state index in [-0.39, 0.29) is 17.2 Å². The first-order chi connectivity index (χ1) is 62.7. The molecule has 0 saturated carbocycles. The first-order valence-corrected chi connectivity index (χ1v) is 62.6. The van der Waals surface area contributed by atoms with Crippen molar-refractivity contribution >= 4 is 29.4 Å². The summed E-state index contributed by atoms with van der Waals surface area (Å²) in [6, 6.07) is 0. The lowest BCUT2D eigenvalue weighted by atomic mass is 9.82. The number of hydrogen-bond donors (Lipinski definition) is 1. The first kappa shape index (κ1) is 162. The zero-order valence-corrected chi connectivity index (χ0v) is 114. The summed E-state index contributed by atoms with van der Waals surface area (Å²) in [7, 11) is 0. The Morgan fingerprint density at radius 2 is 0.415 bits per heavy atom. The van der Waals surface area contributed by atoms with Crippen LogP contribution in [0.3, 0.4) is 0 Å². The molecule has 870 valence electrons. The average molecular weight is 2050 g/mol. The maximum absolute atomic E-state index is 11.4. The number of ether oxygens (including phenoxy) is 2. The second-order valence-corrected chi connectivity index (χ2v) is 71.8. The number of primary amides is 1. The van der Waals surface area contributed by atoms with E-state index in [9.17, 15) is 4.79 Å². The molecule has 6 heteroatoms. The molecule has 0 saturated heterocycles. The molecule has 0 aromatic rings. The van der Waals surface area contributed by atoms with E-state index in [1.54, 1.807) is 0 Å². The van der Waals surface area contributed by atoms with E-state index < -0.39 is 0 Å². The lowest BCUT2D eigenvalue weighted by molar-refractivity contribution is -0.122. The highest BCUT2D eigenvalue weighted by atomic mass is 32.2. The molecular weight excluding hydrogens is 1760 g/mol. The number of rotatable bonds is 48. The van der Waals surface area contributed by atoms with Gasteiger partial charge in [0, 0.05) is 31.5 Å². The highest BCUT2D eigenvalue weighted by molar-refractivity contribution is 7.99. The van der Waals surface area contributed by atoms with Crippen LogP contribution in [0.5, 0.6) is 0 Å². The third-order valence-corrected chi connectivity index (χ3v) is 26.7. The summed E-state index contributed by atoms with van der Waals surface area (Å²) in [6.45, 7) is 147. The number of amides is 1. The van der Waals surface area contributed by atoms with Gasteiger partial charge < -0.3 is 15.2 Å². The highest BCUT2D eigenvalue weighted by Gasteiger charge is 2.26. The number of thioether (sulfide) groups is 2. The molecule has 0 bridgehead atoms. The lowest BCUT2D eigenvalue weighted by Crippen LogP contribution is -2.29. The van der Waals surface area contributed by atoms with Crippen molar-refractivity contribution in [2.75, 3.05) is 49.4 Å². The van der Waals surface area contributed by atoms with Crippen LogP contribution in [0.1, 0.15) is 699 Å². The summed E-state index contributed by atoms with van der Waals surface area (Å²) in [5.74, 6) is 6.31. The molecule has 0 aliphatic rings. The fraction of sp³-hybridized carbons (Fsp3) is 0.993. The molecule has 0 aromatic heterocycles. The third-order valence-electron chi connectivity index (χ3n) is 24.5. The molecule has 142 heavy (non-hydrogen) atoms. The van der Waals surface area contributed by atoms with Gasteiger partial charge in [0.2, 0.25) is 5.91 Å². The Bertz CT molecular complexity index is 2470. The minimum atomic E-state index is -0.150. The van der Waals surface area contributed by atoms with E-state index in [2.05, 4.69) is 441 Å². The predicted molar refractivity (Wildman–Crippen MR) is 670 cm³/mol. The van der Waals surface area contributed by atoms with Gasteiger partial charge in [-0.05, 0) is 279 Å². The normalized spacial score (nSPS) is 13.9. The van der Waals surface area contributed by atoms with Gasteiger partial charge in [-0.25, -0.2) is 0 Å². The summed E-state index contributed by atoms with van der Waals surface area (Å²) in [5, 5.41) is 0. The molecule has 3 atom stereocenters. The SMILES string of the molecule is CC(C)(C)CCCC(C)(C)C.CC(C)(C)CCCCCC(C)(C)C.CC(C)(C)CCCCCCC(C)(C)C.CC(C)(C)CCCCCCCCC(C)(C)C.CC(C)(C)CCCOCC(C)(C)C.CC(C)(C)CCCOCCC(C)(C)C.CC(C)(C)CCCSCCC(C)(C)C.CC(C)(C)CCSC[C@@H](CC(C)(C)C)C(N)=O.CC(CCCC(C)(C)C)CCC(C)(C)C.CC(CCCCC(C)(C)C)CC(C)(C)C. The van der Waals surface area contributed by atoms with E-state index >= 15 is 0 Å². The standard InChI is InChI=1S/C16H34.2C15H32.C14H29NOS.C14H30.C13H28O.C13H28S.C13H28.C12H26O.C11H24/c1-15(2,3)13-11-9-7-8-10-12-14-16(4,5)6;1-13(10-12-15(5,6)7)9-8-11-14(2,3)4;1-13(12-15(5,6)7)10-8-9-11-14(2,3)4;1-13(2,3)7-8-17-10-11(12(15)16)9-14(4,5)6;1-13(2,3)11-9-7-8-10-12-14(4,5)6;2*1-12(2,3)8-7-10-14-11-9-13(4,5)6;1-12(2,3)10-8-7-9-11-13(4,5)6;1-11(2,3)8-7-9-13-10-12(4,5)6;1-10(2,3)8-7-9-11(4,5)6/h7-14H2,1-6H3;2*13H,8-12H2,1-7H3;11H,7-10H2,1-6H3,(H2,15,16);7-12H2,1-6H3;2*7-11H2,1-6H3;7-11H2,1-6H3;7-10H2,1-6H3;7-9H2,1-6H3/t;;;11-;;;;;;/m...1....../s1. The quantitative estimate of drug-likeness (QED) is 0.0615. The van der Waals surface area contributed by atoms with Gasteiger partial charge in [0.25, 0.3) is 0 Å². The van der Waals surface area contributed by atoms with Gasteiger partial charge in [-0.3, -0.25) is 4.79 Å². The predicted octanol–water partition coefficient (Wildman–Crippen LogP) is 49.0. The molecular formula is C136H291NO3S2. The van der Waals surface area contributed by atoms with Crippen molar-refractivity contribution in [3.05, 3.63) is 0 Å². The van der Waals surface area contributed by atoms with Crippen LogP contribution in [-0.2, 0) is 14.3 Å². The number of nitrogens with two attached hydrogens (primary N) is 1. The van der Waals surface area contributed by atoms with Gasteiger partial charge in [0.1, 0.15) is 0 Å². The van der Waals surface area contributed by atoms with Gasteiger partial charge in [-0.2, -0.15) is 23.5 Å². The molecule has 0 rings (SSSR count). The fourth-order valence-electron chi connectivity index (χ4n) is 15.5. The van der Waals surface area contributed by atoms with Crippen molar-refractivity contribution < 1.29 is 14.3 Å². The number of hydrogen-bond acceptors (Lipinski definition) is 5. The Morgan fingerprint density at radius 1 is 0.190 bits per heavy atom. The van der Waals surface area contributed by atoms with Gasteiger partial charge in [0.15, 0.2) is 0 Å². The summed E-state index contributed by atoms with van der Waals surface area (Å²) in [6.07, 6.45) is 56.9. The van der Waals surface area contributed by atoms with Crippen molar-refractivity contribution in [2.45, 2.75) is 699 Å². The van der Waals surface area contributed by atoms with Crippen molar-refractivity contribution in [3.8, 4) is 0 Å². The molecule has 0 fully saturated rings. The van der Waals surface area contributed by atoms with Crippen molar-refractivity contribution in [2.24, 2.45) is 132 Å². The van der Waals surface area contributed by atoms with E-state index in [0.717, 1.165) is 62.6 Å². The third kappa shape index (κ3) is 198. The van der Waals surface area contributed by atoms with E-state index in [1.165, 1.54) is 268 Å². The van der Waals surface area contributed by atoms with Crippen LogP contribution in [-0.4, -0.2) is 55.3 Å². The summed E-state index contributed by atoms with van der Waals surface area (Å²) >= 11 is 3.98. The van der Waals surface area contributed by atoms with Gasteiger partial charge in [-0.1, -0.05) is 558 Å². The summed E-state index contributed by atoms with van der Waals surface area (Å²) in [4.78, 5) is 11.4. The number of carbonyl (C=O) groups excluding carboxylic acids is 1. The first-order valence-electron chi connectivity index (χ1n) is 60.3. The molecule has 0 heterocycles. The summed E-state index contributed by atoms with van der Waals surface area (Å²) in [5.41, 5.74) is 14.9. The smallest absolute Gasteiger partial charge is 0.221 e. The van der Waals surface area contributed by atoms with Crippen molar-refractivity contribution in [1.82, 2.24) is 0 Å². The molecule has 0 radical (unpaired) electrons. The molecule has 0 aliphatic carbocycles. The Balaban J connectivity index is -0.000000171. The maximum atomic E-state index is 11.4. The molecule has 0 spiro atoms. The van der Waals surface area contributed by atoms with Gasteiger partial charge >= 0.3 is 0 Å². The van der Waals surface area contributed by atoms with Crippen LogP contribution in [0.4, 0.5) is 0 Å². The molecule has 0 aromatic carbocycles. The van der Waals surface area contributed by atoms with Crippen LogP contribution in [0.2, 0.25) is 0 Å². The second kappa shape index (κ2) is 80.0. The van der Waals surface area contributed by atoms with Crippen LogP contribution >= 0.6 is 23.5 Å². The molecule has 0 aliphatic heterocycles. The maximum Gasteiger partial charge on any atom is 0.221 e. The number of carbonyl (C=O) groups is 1. The van der Waals surface area contributed by atoms with Gasteiger partial charge in [-0.15, -0.1) is 0 Å². The van der Waals surface area contributed by atoms with Gasteiger partial charge in [0.05, 0.1) is 6.61 Å². The molecule has 1 amide bonds. The lowest BCUT2D eigenvalue weighted by Gasteiger charge is -2.24. The Hall–Kier alpha value is 0.0900. The largest absolute Gasteiger partial charge is 0.381 e. The van der Waals surface area contributed by atoms with E-state index in [0.29, 0.717) is 103 Å². The summed E-state index contributed by atoms with van der Waals surface area (Å²) < 4.78 is 11.2. The fourth-order valence-corrected chi connectivity index (χ4v) is 18.3. The molecule has 2 N–H and O–H groups in total. The Kier molecular flexibility index (Phi) is 91.3. The zero-order chi connectivity index (χ0) is 114.